The molecule has 0 aliphatic heterocycles. The van der Waals surface area contributed by atoms with Gasteiger partial charge in [0.25, 0.3) is 0 Å². The fourth-order valence-electron chi connectivity index (χ4n) is 2.33. The van der Waals surface area contributed by atoms with Gasteiger partial charge in [-0.15, -0.1) is 11.6 Å². The summed E-state index contributed by atoms with van der Waals surface area (Å²) in [7, 11) is 0. The molecule has 2 heterocycles. The Balaban J connectivity index is 2.13. The molecule has 0 saturated carbocycles. The van der Waals surface area contributed by atoms with E-state index in [9.17, 15) is 0 Å². The second-order valence-corrected chi connectivity index (χ2v) is 5.05. The van der Waals surface area contributed by atoms with Crippen LogP contribution in [0.3, 0.4) is 0 Å². The van der Waals surface area contributed by atoms with Crippen molar-refractivity contribution in [2.75, 3.05) is 6.61 Å². The zero-order valence-corrected chi connectivity index (χ0v) is 12.8. The third-order valence-corrected chi connectivity index (χ3v) is 3.47. The van der Waals surface area contributed by atoms with E-state index in [-0.39, 0.29) is 0 Å². The van der Waals surface area contributed by atoms with Gasteiger partial charge in [-0.3, -0.25) is 4.57 Å². The molecule has 21 heavy (non-hydrogen) atoms. The molecule has 0 atom stereocenters. The minimum atomic E-state index is 0.336. The number of benzene rings is 1. The van der Waals surface area contributed by atoms with E-state index in [1.807, 2.05) is 54.9 Å². The Hall–Kier alpha value is -2.07. The molecule has 0 bridgehead atoms. The second kappa shape index (κ2) is 5.74. The van der Waals surface area contributed by atoms with Gasteiger partial charge in [0, 0.05) is 11.9 Å². The van der Waals surface area contributed by atoms with Crippen LogP contribution in [0.1, 0.15) is 18.3 Å². The highest BCUT2D eigenvalue weighted by Crippen LogP contribution is 2.23. The summed E-state index contributed by atoms with van der Waals surface area (Å²) < 4.78 is 7.46. The van der Waals surface area contributed by atoms with Gasteiger partial charge in [-0.2, -0.15) is 0 Å². The minimum absolute atomic E-state index is 0.336. The number of fused-ring (bicyclic) bond motifs is 1. The fraction of sp³-hybridized carbons (Fsp3) is 0.250. The molecule has 4 nitrogen and oxygen atoms in total. The molecule has 0 radical (unpaired) electrons. The monoisotopic (exact) mass is 301 g/mol. The van der Waals surface area contributed by atoms with E-state index in [0.717, 1.165) is 34.0 Å². The second-order valence-electron chi connectivity index (χ2n) is 4.78. The lowest BCUT2D eigenvalue weighted by molar-refractivity contribution is 0.340. The van der Waals surface area contributed by atoms with Crippen molar-refractivity contribution < 1.29 is 4.74 Å². The highest BCUT2D eigenvalue weighted by atomic mass is 35.5. The molecule has 0 N–H and O–H groups in total. The van der Waals surface area contributed by atoms with Crippen molar-refractivity contribution in [3.05, 3.63) is 47.9 Å². The Morgan fingerprint density at radius 2 is 2.00 bits per heavy atom. The number of hydrogen-bond donors (Lipinski definition) is 0. The number of ether oxygens (including phenoxy) is 1. The molecule has 0 saturated heterocycles. The summed E-state index contributed by atoms with van der Waals surface area (Å²) in [6, 6.07) is 9.88. The van der Waals surface area contributed by atoms with Gasteiger partial charge in [0.15, 0.2) is 5.65 Å². The van der Waals surface area contributed by atoms with E-state index >= 15 is 0 Å². The zero-order valence-electron chi connectivity index (χ0n) is 12.0. The SMILES string of the molecule is CCOc1ccc(-n2c(CCl)nc3cc(C)cnc32)cc1. The van der Waals surface area contributed by atoms with E-state index in [1.165, 1.54) is 0 Å². The van der Waals surface area contributed by atoms with Gasteiger partial charge in [-0.25, -0.2) is 9.97 Å². The van der Waals surface area contributed by atoms with Crippen molar-refractivity contribution >= 4 is 22.8 Å². The summed E-state index contributed by atoms with van der Waals surface area (Å²) >= 11 is 6.04. The lowest BCUT2D eigenvalue weighted by Crippen LogP contribution is -2.00. The Morgan fingerprint density at radius 3 is 2.67 bits per heavy atom. The molecule has 0 amide bonds. The third kappa shape index (κ3) is 2.59. The Kier molecular flexibility index (Phi) is 3.80. The van der Waals surface area contributed by atoms with Crippen LogP contribution in [0, 0.1) is 6.92 Å². The van der Waals surface area contributed by atoms with Crippen molar-refractivity contribution in [3.63, 3.8) is 0 Å². The van der Waals surface area contributed by atoms with Gasteiger partial charge in [-0.05, 0) is 49.7 Å². The first-order valence-electron chi connectivity index (χ1n) is 6.86. The molecule has 0 aliphatic carbocycles. The van der Waals surface area contributed by atoms with Crippen LogP contribution in [0.5, 0.6) is 5.75 Å². The van der Waals surface area contributed by atoms with Crippen LogP contribution in [0.4, 0.5) is 0 Å². The predicted octanol–water partition coefficient (Wildman–Crippen LogP) is 3.87. The summed E-state index contributed by atoms with van der Waals surface area (Å²) in [6.07, 6.45) is 1.84. The molecule has 3 aromatic rings. The number of nitrogens with zero attached hydrogens (tertiary/aromatic N) is 3. The smallest absolute Gasteiger partial charge is 0.164 e. The number of alkyl halides is 1. The van der Waals surface area contributed by atoms with Crippen LogP contribution in [0.15, 0.2) is 36.5 Å². The number of imidazole rings is 1. The van der Waals surface area contributed by atoms with Crippen LogP contribution in [0.25, 0.3) is 16.9 Å². The molecule has 0 aliphatic rings. The van der Waals surface area contributed by atoms with Gasteiger partial charge in [0.2, 0.25) is 0 Å². The average Bonchev–Trinajstić information content (AvgIpc) is 2.86. The molecular weight excluding hydrogens is 286 g/mol. The summed E-state index contributed by atoms with van der Waals surface area (Å²) in [5.41, 5.74) is 3.74. The van der Waals surface area contributed by atoms with Crippen LogP contribution >= 0.6 is 11.6 Å². The van der Waals surface area contributed by atoms with Gasteiger partial charge < -0.3 is 4.74 Å². The average molecular weight is 302 g/mol. The van der Waals surface area contributed by atoms with Crippen LogP contribution in [0.2, 0.25) is 0 Å². The standard InChI is InChI=1S/C16H16ClN3O/c1-3-21-13-6-4-12(5-7-13)20-15(9-17)19-14-8-11(2)10-18-16(14)20/h4-8,10H,3,9H2,1-2H3. The summed E-state index contributed by atoms with van der Waals surface area (Å²) in [5, 5.41) is 0. The van der Waals surface area contributed by atoms with E-state index in [4.69, 9.17) is 16.3 Å². The topological polar surface area (TPSA) is 39.9 Å². The van der Waals surface area contributed by atoms with E-state index < -0.39 is 0 Å². The van der Waals surface area contributed by atoms with Crippen LogP contribution in [-0.4, -0.2) is 21.1 Å². The zero-order chi connectivity index (χ0) is 14.8. The molecule has 0 fully saturated rings. The molecule has 1 aromatic carbocycles. The first-order chi connectivity index (χ1) is 10.2. The fourth-order valence-corrected chi connectivity index (χ4v) is 2.51. The molecule has 0 unspecified atom stereocenters. The lowest BCUT2D eigenvalue weighted by Gasteiger charge is -2.08. The van der Waals surface area contributed by atoms with Crippen LogP contribution in [-0.2, 0) is 5.88 Å². The largest absolute Gasteiger partial charge is 0.494 e. The Labute approximate surface area is 128 Å². The Morgan fingerprint density at radius 1 is 1.24 bits per heavy atom. The number of aryl methyl sites for hydroxylation is 1. The maximum Gasteiger partial charge on any atom is 0.164 e. The number of halogens is 1. The van der Waals surface area contributed by atoms with Crippen LogP contribution < -0.4 is 4.74 Å². The van der Waals surface area contributed by atoms with E-state index in [2.05, 4.69) is 9.97 Å². The van der Waals surface area contributed by atoms with E-state index in [1.54, 1.807) is 0 Å². The first kappa shape index (κ1) is 13.9. The predicted molar refractivity (Wildman–Crippen MR) is 84.3 cm³/mol. The number of pyridine rings is 1. The van der Waals surface area contributed by atoms with Crippen molar-refractivity contribution in [3.8, 4) is 11.4 Å². The molecule has 0 spiro atoms. The van der Waals surface area contributed by atoms with Gasteiger partial charge in [-0.1, -0.05) is 0 Å². The molecule has 2 aromatic heterocycles. The van der Waals surface area contributed by atoms with Gasteiger partial charge >= 0.3 is 0 Å². The van der Waals surface area contributed by atoms with Crippen molar-refractivity contribution in [1.29, 1.82) is 0 Å². The third-order valence-electron chi connectivity index (χ3n) is 3.23. The van der Waals surface area contributed by atoms with E-state index in [0.29, 0.717) is 12.5 Å². The normalized spacial score (nSPS) is 11.0. The maximum atomic E-state index is 6.04. The van der Waals surface area contributed by atoms with Crippen molar-refractivity contribution in [2.45, 2.75) is 19.7 Å². The lowest BCUT2D eigenvalue weighted by atomic mass is 10.3. The molecule has 5 heteroatoms. The number of hydrogen-bond acceptors (Lipinski definition) is 3. The van der Waals surface area contributed by atoms with Crippen molar-refractivity contribution in [1.82, 2.24) is 14.5 Å². The minimum Gasteiger partial charge on any atom is -0.494 e. The number of aromatic nitrogens is 3. The highest BCUT2D eigenvalue weighted by molar-refractivity contribution is 6.16. The van der Waals surface area contributed by atoms with Crippen molar-refractivity contribution in [2.24, 2.45) is 0 Å². The summed E-state index contributed by atoms with van der Waals surface area (Å²) in [6.45, 7) is 4.62. The highest BCUT2D eigenvalue weighted by Gasteiger charge is 2.13. The Bertz CT molecular complexity index is 765. The van der Waals surface area contributed by atoms with Gasteiger partial charge in [0.1, 0.15) is 17.1 Å². The maximum absolute atomic E-state index is 6.04. The summed E-state index contributed by atoms with van der Waals surface area (Å²) in [5.74, 6) is 1.97. The quantitative estimate of drug-likeness (QED) is 0.687. The summed E-state index contributed by atoms with van der Waals surface area (Å²) in [4.78, 5) is 9.06. The molecule has 3 rings (SSSR count). The van der Waals surface area contributed by atoms with Gasteiger partial charge in [0.05, 0.1) is 12.5 Å². The molecule has 108 valence electrons. The molecular formula is C16H16ClN3O. The first-order valence-corrected chi connectivity index (χ1v) is 7.39. The number of rotatable bonds is 4.